The summed E-state index contributed by atoms with van der Waals surface area (Å²) >= 11 is 0. The van der Waals surface area contributed by atoms with Crippen molar-refractivity contribution in [1.29, 1.82) is 0 Å². The molecule has 0 saturated heterocycles. The topological polar surface area (TPSA) is 29.3 Å². The van der Waals surface area contributed by atoms with Gasteiger partial charge in [-0.25, -0.2) is 4.39 Å². The number of hydrogen-bond acceptors (Lipinski definition) is 2. The van der Waals surface area contributed by atoms with Gasteiger partial charge >= 0.3 is 0 Å². The Bertz CT molecular complexity index is 540. The third-order valence-corrected chi connectivity index (χ3v) is 3.37. The van der Waals surface area contributed by atoms with E-state index in [9.17, 15) is 4.39 Å². The minimum Gasteiger partial charge on any atom is -0.341 e. The van der Waals surface area contributed by atoms with Gasteiger partial charge in [-0.1, -0.05) is 37.6 Å². The lowest BCUT2D eigenvalue weighted by atomic mass is 10.1. The molecular weight excluding hydrogens is 251 g/mol. The van der Waals surface area contributed by atoms with Gasteiger partial charge in [0.05, 0.1) is 0 Å². The molecule has 2 nitrogen and oxygen atoms in total. The lowest BCUT2D eigenvalue weighted by Gasteiger charge is -2.25. The van der Waals surface area contributed by atoms with Gasteiger partial charge in [0.25, 0.3) is 0 Å². The highest BCUT2D eigenvalue weighted by molar-refractivity contribution is 5.63. The molecule has 106 valence electrons. The minimum atomic E-state index is -0.234. The van der Waals surface area contributed by atoms with E-state index in [1.54, 1.807) is 12.1 Å². The predicted molar refractivity (Wildman–Crippen MR) is 82.6 cm³/mol. The van der Waals surface area contributed by atoms with Crippen LogP contribution in [-0.2, 0) is 6.54 Å². The second kappa shape index (κ2) is 7.06. The van der Waals surface area contributed by atoms with E-state index in [-0.39, 0.29) is 12.4 Å². The summed E-state index contributed by atoms with van der Waals surface area (Å²) in [6, 6.07) is 15.4. The van der Waals surface area contributed by atoms with Crippen molar-refractivity contribution in [3.63, 3.8) is 0 Å². The van der Waals surface area contributed by atoms with Crippen LogP contribution in [0.15, 0.2) is 48.5 Å². The fraction of sp³-hybridized carbons (Fsp3) is 0.294. The Kier molecular flexibility index (Phi) is 5.13. The van der Waals surface area contributed by atoms with Gasteiger partial charge in [-0.05, 0) is 30.7 Å². The van der Waals surface area contributed by atoms with Crippen molar-refractivity contribution in [3.05, 3.63) is 59.9 Å². The van der Waals surface area contributed by atoms with E-state index in [4.69, 9.17) is 5.73 Å². The fourth-order valence-corrected chi connectivity index (χ4v) is 2.20. The van der Waals surface area contributed by atoms with E-state index in [1.165, 1.54) is 0 Å². The number of anilines is 2. The molecule has 0 heterocycles. The maximum Gasteiger partial charge on any atom is 0.129 e. The molecule has 0 fully saturated rings. The first-order chi connectivity index (χ1) is 9.76. The summed E-state index contributed by atoms with van der Waals surface area (Å²) in [6.07, 6.45) is 2.17. The zero-order valence-electron chi connectivity index (χ0n) is 11.8. The molecule has 0 atom stereocenters. The zero-order valence-corrected chi connectivity index (χ0v) is 11.8. The molecule has 0 aliphatic rings. The Morgan fingerprint density at radius 1 is 1.05 bits per heavy atom. The number of para-hydroxylation sites is 1. The molecule has 0 saturated carbocycles. The summed E-state index contributed by atoms with van der Waals surface area (Å²) in [5.41, 5.74) is 8.03. The highest BCUT2D eigenvalue weighted by Gasteiger charge is 2.11. The Morgan fingerprint density at radius 2 is 1.80 bits per heavy atom. The van der Waals surface area contributed by atoms with Crippen LogP contribution in [0.2, 0.25) is 0 Å². The van der Waals surface area contributed by atoms with Crippen molar-refractivity contribution >= 4 is 11.4 Å². The third-order valence-electron chi connectivity index (χ3n) is 3.37. The Morgan fingerprint density at radius 3 is 2.40 bits per heavy atom. The van der Waals surface area contributed by atoms with E-state index >= 15 is 0 Å². The van der Waals surface area contributed by atoms with Crippen LogP contribution in [-0.4, -0.2) is 6.54 Å². The second-order valence-corrected chi connectivity index (χ2v) is 4.82. The molecule has 2 aromatic carbocycles. The first-order valence-corrected chi connectivity index (χ1v) is 7.07. The molecule has 0 unspecified atom stereocenters. The summed E-state index contributed by atoms with van der Waals surface area (Å²) in [5.74, 6) is -0.234. The lowest BCUT2D eigenvalue weighted by Crippen LogP contribution is -2.18. The predicted octanol–water partition coefficient (Wildman–Crippen LogP) is 4.22. The molecule has 0 bridgehead atoms. The van der Waals surface area contributed by atoms with Gasteiger partial charge in [-0.3, -0.25) is 0 Å². The molecule has 20 heavy (non-hydrogen) atoms. The number of hydrogen-bond donors (Lipinski definition) is 1. The maximum absolute atomic E-state index is 13.9. The molecule has 0 aromatic heterocycles. The first-order valence-electron chi connectivity index (χ1n) is 7.07. The molecule has 0 aliphatic heterocycles. The van der Waals surface area contributed by atoms with E-state index in [2.05, 4.69) is 11.8 Å². The maximum atomic E-state index is 13.9. The monoisotopic (exact) mass is 272 g/mol. The summed E-state index contributed by atoms with van der Waals surface area (Å²) in [6.45, 7) is 3.26. The van der Waals surface area contributed by atoms with Crippen molar-refractivity contribution in [2.75, 3.05) is 11.4 Å². The van der Waals surface area contributed by atoms with Gasteiger partial charge in [-0.15, -0.1) is 0 Å². The van der Waals surface area contributed by atoms with Crippen LogP contribution >= 0.6 is 0 Å². The quantitative estimate of drug-likeness (QED) is 0.853. The largest absolute Gasteiger partial charge is 0.341 e. The molecule has 0 radical (unpaired) electrons. The molecule has 0 amide bonds. The van der Waals surface area contributed by atoms with Crippen molar-refractivity contribution in [2.24, 2.45) is 5.73 Å². The summed E-state index contributed by atoms with van der Waals surface area (Å²) < 4.78 is 13.9. The van der Waals surface area contributed by atoms with Gasteiger partial charge < -0.3 is 10.6 Å². The van der Waals surface area contributed by atoms with Gasteiger partial charge in [0.1, 0.15) is 5.82 Å². The SMILES string of the molecule is CCCCN(c1ccccc1)c1ccc(CN)c(F)c1. The van der Waals surface area contributed by atoms with E-state index in [0.717, 1.165) is 30.8 Å². The first kappa shape index (κ1) is 14.5. The van der Waals surface area contributed by atoms with Crippen LogP contribution < -0.4 is 10.6 Å². The highest BCUT2D eigenvalue weighted by Crippen LogP contribution is 2.27. The third kappa shape index (κ3) is 3.36. The van der Waals surface area contributed by atoms with E-state index in [1.807, 2.05) is 36.4 Å². The number of unbranched alkanes of at least 4 members (excludes halogenated alkanes) is 1. The second-order valence-electron chi connectivity index (χ2n) is 4.82. The highest BCUT2D eigenvalue weighted by atomic mass is 19.1. The molecule has 0 aliphatic carbocycles. The Labute approximate surface area is 120 Å². The normalized spacial score (nSPS) is 10.6. The molecule has 3 heteroatoms. The van der Waals surface area contributed by atoms with E-state index in [0.29, 0.717) is 5.56 Å². The number of nitrogens with zero attached hydrogens (tertiary/aromatic N) is 1. The van der Waals surface area contributed by atoms with E-state index < -0.39 is 0 Å². The van der Waals surface area contributed by atoms with Crippen molar-refractivity contribution in [2.45, 2.75) is 26.3 Å². The van der Waals surface area contributed by atoms with Gasteiger partial charge in [0, 0.05) is 30.0 Å². The number of rotatable bonds is 6. The molecule has 2 rings (SSSR count). The smallest absolute Gasteiger partial charge is 0.129 e. The summed E-state index contributed by atoms with van der Waals surface area (Å²) in [4.78, 5) is 2.15. The van der Waals surface area contributed by atoms with Gasteiger partial charge in [-0.2, -0.15) is 0 Å². The van der Waals surface area contributed by atoms with Crippen LogP contribution in [0.25, 0.3) is 0 Å². The van der Waals surface area contributed by atoms with Gasteiger partial charge in [0.2, 0.25) is 0 Å². The molecule has 0 spiro atoms. The summed E-state index contributed by atoms with van der Waals surface area (Å²) in [7, 11) is 0. The average Bonchev–Trinajstić information content (AvgIpc) is 2.49. The standard InChI is InChI=1S/C17H21FN2/c1-2-3-11-20(15-7-5-4-6-8-15)16-10-9-14(13-19)17(18)12-16/h4-10,12H,2-3,11,13,19H2,1H3. The molecular formula is C17H21FN2. The fourth-order valence-electron chi connectivity index (χ4n) is 2.20. The number of nitrogens with two attached hydrogens (primary N) is 1. The number of benzene rings is 2. The molecule has 2 N–H and O–H groups in total. The Hall–Kier alpha value is -1.87. The average molecular weight is 272 g/mol. The van der Waals surface area contributed by atoms with Crippen molar-refractivity contribution in [3.8, 4) is 0 Å². The van der Waals surface area contributed by atoms with Crippen molar-refractivity contribution in [1.82, 2.24) is 0 Å². The summed E-state index contributed by atoms with van der Waals surface area (Å²) in [5, 5.41) is 0. The zero-order chi connectivity index (χ0) is 14.4. The van der Waals surface area contributed by atoms with Crippen LogP contribution in [0.1, 0.15) is 25.3 Å². The number of halogens is 1. The van der Waals surface area contributed by atoms with Gasteiger partial charge in [0.15, 0.2) is 0 Å². The Balaban J connectivity index is 2.33. The van der Waals surface area contributed by atoms with Crippen LogP contribution in [0.5, 0.6) is 0 Å². The minimum absolute atomic E-state index is 0.229. The lowest BCUT2D eigenvalue weighted by molar-refractivity contribution is 0.610. The van der Waals surface area contributed by atoms with Crippen LogP contribution in [0, 0.1) is 5.82 Å². The van der Waals surface area contributed by atoms with Crippen LogP contribution in [0.4, 0.5) is 15.8 Å². The van der Waals surface area contributed by atoms with Crippen molar-refractivity contribution < 1.29 is 4.39 Å². The van der Waals surface area contributed by atoms with Crippen LogP contribution in [0.3, 0.4) is 0 Å². The molecule has 2 aromatic rings.